The van der Waals surface area contributed by atoms with Crippen LogP contribution in [0.5, 0.6) is 11.5 Å². The second-order valence-electron chi connectivity index (χ2n) is 7.55. The Morgan fingerprint density at radius 3 is 2.48 bits per heavy atom. The SMILES string of the molecule is COc1ccc(N(C(=O)c2ccco2)C2CCN(Cc3ccncc3)CC2)cc1OC. The maximum absolute atomic E-state index is 13.4. The van der Waals surface area contributed by atoms with Crippen LogP contribution in [0, 0.1) is 0 Å². The molecule has 162 valence electrons. The Labute approximate surface area is 182 Å². The molecule has 1 aliphatic rings. The van der Waals surface area contributed by atoms with Crippen molar-refractivity contribution in [2.24, 2.45) is 0 Å². The summed E-state index contributed by atoms with van der Waals surface area (Å²) in [4.78, 5) is 21.7. The number of carbonyl (C=O) groups excluding carboxylic acids is 1. The quantitative estimate of drug-likeness (QED) is 0.574. The van der Waals surface area contributed by atoms with Gasteiger partial charge in [0.2, 0.25) is 0 Å². The van der Waals surface area contributed by atoms with Gasteiger partial charge >= 0.3 is 0 Å². The van der Waals surface area contributed by atoms with E-state index in [0.29, 0.717) is 17.3 Å². The molecule has 0 aliphatic carbocycles. The van der Waals surface area contributed by atoms with E-state index in [1.165, 1.54) is 11.8 Å². The molecule has 0 saturated carbocycles. The highest BCUT2D eigenvalue weighted by molar-refractivity contribution is 6.04. The van der Waals surface area contributed by atoms with Crippen LogP contribution < -0.4 is 14.4 Å². The largest absolute Gasteiger partial charge is 0.493 e. The van der Waals surface area contributed by atoms with Crippen LogP contribution in [0.25, 0.3) is 0 Å². The number of methoxy groups -OCH3 is 2. The zero-order valence-corrected chi connectivity index (χ0v) is 17.9. The molecule has 4 rings (SSSR count). The van der Waals surface area contributed by atoms with Gasteiger partial charge in [-0.15, -0.1) is 0 Å². The van der Waals surface area contributed by atoms with Gasteiger partial charge in [-0.2, -0.15) is 0 Å². The molecule has 0 N–H and O–H groups in total. The molecule has 7 heteroatoms. The Kier molecular flexibility index (Phi) is 6.52. The fraction of sp³-hybridized carbons (Fsp3) is 0.333. The number of amides is 1. The predicted octanol–water partition coefficient (Wildman–Crippen LogP) is 4.00. The van der Waals surface area contributed by atoms with E-state index in [-0.39, 0.29) is 11.9 Å². The Morgan fingerprint density at radius 2 is 1.84 bits per heavy atom. The molecule has 3 heterocycles. The lowest BCUT2D eigenvalue weighted by atomic mass is 10.0. The third-order valence-electron chi connectivity index (χ3n) is 5.67. The normalized spacial score (nSPS) is 14.9. The average molecular weight is 421 g/mol. The highest BCUT2D eigenvalue weighted by Gasteiger charge is 2.31. The maximum atomic E-state index is 13.4. The second kappa shape index (κ2) is 9.66. The number of aromatic nitrogens is 1. The number of carbonyl (C=O) groups is 1. The summed E-state index contributed by atoms with van der Waals surface area (Å²) in [5.74, 6) is 1.40. The van der Waals surface area contributed by atoms with Crippen LogP contribution in [0.3, 0.4) is 0 Å². The fourth-order valence-electron chi connectivity index (χ4n) is 4.07. The number of likely N-dealkylation sites (tertiary alicyclic amines) is 1. The van der Waals surface area contributed by atoms with E-state index in [2.05, 4.69) is 9.88 Å². The van der Waals surface area contributed by atoms with Gasteiger partial charge in [-0.3, -0.25) is 14.7 Å². The Balaban J connectivity index is 1.55. The summed E-state index contributed by atoms with van der Waals surface area (Å²) in [5, 5.41) is 0. The van der Waals surface area contributed by atoms with Crippen molar-refractivity contribution in [1.29, 1.82) is 0 Å². The van der Waals surface area contributed by atoms with Gasteiger partial charge in [0.1, 0.15) is 0 Å². The van der Waals surface area contributed by atoms with Crippen molar-refractivity contribution < 1.29 is 18.7 Å². The molecule has 1 aliphatic heterocycles. The number of benzene rings is 1. The predicted molar refractivity (Wildman–Crippen MR) is 118 cm³/mol. The van der Waals surface area contributed by atoms with Crippen molar-refractivity contribution in [1.82, 2.24) is 9.88 Å². The van der Waals surface area contributed by atoms with E-state index in [1.54, 1.807) is 26.4 Å². The van der Waals surface area contributed by atoms with Crippen molar-refractivity contribution in [3.63, 3.8) is 0 Å². The molecule has 7 nitrogen and oxygen atoms in total. The summed E-state index contributed by atoms with van der Waals surface area (Å²) < 4.78 is 16.3. The molecule has 1 saturated heterocycles. The standard InChI is InChI=1S/C24H27N3O4/c1-29-21-6-5-20(16-23(21)30-2)27(24(28)22-4-3-15-31-22)19-9-13-26(14-10-19)17-18-7-11-25-12-8-18/h3-8,11-12,15-16,19H,9-10,13-14,17H2,1-2H3. The van der Waals surface area contributed by atoms with Gasteiger partial charge in [-0.25, -0.2) is 0 Å². The first-order valence-electron chi connectivity index (χ1n) is 10.4. The molecule has 0 spiro atoms. The van der Waals surface area contributed by atoms with Crippen LogP contribution in [0.4, 0.5) is 5.69 Å². The van der Waals surface area contributed by atoms with Crippen molar-refractivity contribution in [2.45, 2.75) is 25.4 Å². The molecular formula is C24H27N3O4. The minimum atomic E-state index is -0.148. The molecule has 3 aromatic rings. The third-order valence-corrected chi connectivity index (χ3v) is 5.67. The van der Waals surface area contributed by atoms with E-state index < -0.39 is 0 Å². The molecule has 0 unspecified atom stereocenters. The number of hydrogen-bond acceptors (Lipinski definition) is 6. The lowest BCUT2D eigenvalue weighted by Gasteiger charge is -2.38. The highest BCUT2D eigenvalue weighted by atomic mass is 16.5. The van der Waals surface area contributed by atoms with Crippen molar-refractivity contribution in [3.05, 3.63) is 72.4 Å². The number of furan rings is 1. The Bertz CT molecular complexity index is 983. The summed E-state index contributed by atoms with van der Waals surface area (Å²) >= 11 is 0. The number of piperidine rings is 1. The molecule has 1 aromatic carbocycles. The number of rotatable bonds is 7. The van der Waals surface area contributed by atoms with Crippen molar-refractivity contribution in [3.8, 4) is 11.5 Å². The summed E-state index contributed by atoms with van der Waals surface area (Å²) in [6.45, 7) is 2.70. The number of pyridine rings is 1. The smallest absolute Gasteiger partial charge is 0.294 e. The summed E-state index contributed by atoms with van der Waals surface area (Å²) in [7, 11) is 3.19. The first kappa shape index (κ1) is 20.9. The van der Waals surface area contributed by atoms with Crippen LogP contribution in [-0.2, 0) is 6.54 Å². The Morgan fingerprint density at radius 1 is 1.10 bits per heavy atom. The highest BCUT2D eigenvalue weighted by Crippen LogP contribution is 2.34. The number of ether oxygens (including phenoxy) is 2. The number of nitrogens with zero attached hydrogens (tertiary/aromatic N) is 3. The van der Waals surface area contributed by atoms with Gasteiger partial charge < -0.3 is 18.8 Å². The zero-order valence-electron chi connectivity index (χ0n) is 17.9. The van der Waals surface area contributed by atoms with E-state index in [1.807, 2.05) is 47.6 Å². The van der Waals surface area contributed by atoms with Crippen LogP contribution >= 0.6 is 0 Å². The first-order chi connectivity index (χ1) is 15.2. The van der Waals surface area contributed by atoms with Gasteiger partial charge in [-0.05, 0) is 54.8 Å². The first-order valence-corrected chi connectivity index (χ1v) is 10.4. The molecule has 0 atom stereocenters. The zero-order chi connectivity index (χ0) is 21.6. The van der Waals surface area contributed by atoms with Gasteiger partial charge in [0.15, 0.2) is 17.3 Å². The minimum absolute atomic E-state index is 0.0596. The Hall–Kier alpha value is -3.32. The van der Waals surface area contributed by atoms with Crippen LogP contribution in [-0.4, -0.2) is 49.1 Å². The fourth-order valence-corrected chi connectivity index (χ4v) is 4.07. The molecule has 31 heavy (non-hydrogen) atoms. The summed E-state index contributed by atoms with van der Waals surface area (Å²) in [6, 6.07) is 13.2. The van der Waals surface area contributed by atoms with E-state index in [0.717, 1.165) is 38.2 Å². The minimum Gasteiger partial charge on any atom is -0.493 e. The second-order valence-corrected chi connectivity index (χ2v) is 7.55. The van der Waals surface area contributed by atoms with Crippen molar-refractivity contribution >= 4 is 11.6 Å². The van der Waals surface area contributed by atoms with E-state index in [9.17, 15) is 4.79 Å². The van der Waals surface area contributed by atoms with Crippen LogP contribution in [0.1, 0.15) is 29.0 Å². The van der Waals surface area contributed by atoms with E-state index >= 15 is 0 Å². The van der Waals surface area contributed by atoms with Crippen LogP contribution in [0.15, 0.2) is 65.5 Å². The number of anilines is 1. The van der Waals surface area contributed by atoms with Gasteiger partial charge in [-0.1, -0.05) is 0 Å². The van der Waals surface area contributed by atoms with Crippen molar-refractivity contribution in [2.75, 3.05) is 32.2 Å². The van der Waals surface area contributed by atoms with Gasteiger partial charge in [0.05, 0.1) is 20.5 Å². The third kappa shape index (κ3) is 4.72. The maximum Gasteiger partial charge on any atom is 0.294 e. The summed E-state index contributed by atoms with van der Waals surface area (Å²) in [5.41, 5.74) is 2.02. The molecule has 0 radical (unpaired) electrons. The monoisotopic (exact) mass is 421 g/mol. The van der Waals surface area contributed by atoms with Gasteiger partial charge in [0.25, 0.3) is 5.91 Å². The summed E-state index contributed by atoms with van der Waals surface area (Å²) in [6.07, 6.45) is 6.90. The lowest BCUT2D eigenvalue weighted by Crippen LogP contribution is -2.47. The molecule has 1 fully saturated rings. The van der Waals surface area contributed by atoms with Gasteiger partial charge in [0, 0.05) is 49.8 Å². The average Bonchev–Trinajstić information content (AvgIpc) is 3.36. The molecule has 0 bridgehead atoms. The molecule has 1 amide bonds. The van der Waals surface area contributed by atoms with E-state index in [4.69, 9.17) is 13.9 Å². The lowest BCUT2D eigenvalue weighted by molar-refractivity contribution is 0.0931. The number of hydrogen-bond donors (Lipinski definition) is 0. The molecular weight excluding hydrogens is 394 g/mol. The van der Waals surface area contributed by atoms with Crippen LogP contribution in [0.2, 0.25) is 0 Å². The molecule has 2 aromatic heterocycles. The topological polar surface area (TPSA) is 68.0 Å².